The molecule has 0 unspecified atom stereocenters. The Bertz CT molecular complexity index is 525. The Morgan fingerprint density at radius 2 is 2.12 bits per heavy atom. The maximum Gasteiger partial charge on any atom is 0.192 e. The number of aliphatic carboxylic acids is 1. The molecule has 0 aromatic carbocycles. The molecule has 0 atom stereocenters. The summed E-state index contributed by atoms with van der Waals surface area (Å²) in [6.45, 7) is 0.542. The lowest BCUT2D eigenvalue weighted by molar-refractivity contribution is -0.671. The number of nitrogens with zero attached hydrogens (tertiary/aromatic N) is 2. The van der Waals surface area contributed by atoms with Crippen LogP contribution in [0.2, 0.25) is 0 Å². The number of hydrogen-bond acceptors (Lipinski definition) is 2. The predicted molar refractivity (Wildman–Crippen MR) is 60.9 cm³/mol. The summed E-state index contributed by atoms with van der Waals surface area (Å²) in [5, 5.41) is 10.4. The van der Waals surface area contributed by atoms with Crippen molar-refractivity contribution in [3.8, 4) is 0 Å². The third-order valence-electron chi connectivity index (χ3n) is 2.55. The molecule has 17 heavy (non-hydrogen) atoms. The van der Waals surface area contributed by atoms with Gasteiger partial charge in [-0.05, 0) is 17.2 Å². The maximum atomic E-state index is 10.4. The summed E-state index contributed by atoms with van der Waals surface area (Å²) < 4.78 is 3.54. The molecule has 1 aliphatic rings. The minimum Gasteiger partial charge on any atom is -0.540 e. The number of allylic oxidation sites excluding steroid dienone is 2. The predicted octanol–water partition coefficient (Wildman–Crippen LogP) is -0.745. The average Bonchev–Trinajstić information content (AvgIpc) is 2.30. The summed E-state index contributed by atoms with van der Waals surface area (Å²) in [7, 11) is 1.96. The zero-order valence-corrected chi connectivity index (χ0v) is 9.54. The van der Waals surface area contributed by atoms with Crippen LogP contribution in [-0.2, 0) is 11.8 Å². The second-order valence-electron chi connectivity index (χ2n) is 3.87. The van der Waals surface area contributed by atoms with Crippen molar-refractivity contribution in [1.29, 1.82) is 0 Å². The molecule has 86 valence electrons. The monoisotopic (exact) mass is 229 g/mol. The number of aromatic nitrogens is 1. The molecular weight excluding hydrogens is 216 g/mol. The molecule has 0 fully saturated rings. The molecule has 1 aromatic heterocycles. The van der Waals surface area contributed by atoms with E-state index in [0.29, 0.717) is 6.54 Å². The van der Waals surface area contributed by atoms with E-state index in [1.54, 1.807) is 10.8 Å². The Morgan fingerprint density at radius 1 is 1.41 bits per heavy atom. The van der Waals surface area contributed by atoms with Gasteiger partial charge in [0.05, 0.1) is 0 Å². The highest BCUT2D eigenvalue weighted by Gasteiger charge is 2.08. The van der Waals surface area contributed by atoms with Crippen molar-refractivity contribution in [2.75, 3.05) is 6.54 Å². The smallest absolute Gasteiger partial charge is 0.192 e. The highest BCUT2D eigenvalue weighted by molar-refractivity contribution is 6.18. The number of rotatable bonds is 2. The van der Waals surface area contributed by atoms with Gasteiger partial charge in [0.15, 0.2) is 31.4 Å². The van der Waals surface area contributed by atoms with Crippen LogP contribution in [0.25, 0.3) is 5.57 Å². The lowest BCUT2D eigenvalue weighted by atomic mass is 10.1. The van der Waals surface area contributed by atoms with E-state index in [0.717, 1.165) is 17.4 Å². The first-order chi connectivity index (χ1) is 8.15. The third kappa shape index (κ3) is 2.87. The number of carbonyl (C=O) groups excluding carboxylic acids is 1. The number of carboxylic acid groups (broad SMARTS) is 1. The molecule has 1 aromatic rings. The summed E-state index contributed by atoms with van der Waals surface area (Å²) >= 11 is 0. The van der Waals surface area contributed by atoms with Crippen molar-refractivity contribution in [1.82, 2.24) is 0 Å². The van der Waals surface area contributed by atoms with Crippen LogP contribution in [0.1, 0.15) is 5.56 Å². The van der Waals surface area contributed by atoms with Crippen molar-refractivity contribution in [3.05, 3.63) is 48.4 Å². The molecule has 0 aliphatic carbocycles. The van der Waals surface area contributed by atoms with Crippen LogP contribution in [0.3, 0.4) is 0 Å². The number of hydrogen-bond donors (Lipinski definition) is 0. The van der Waals surface area contributed by atoms with E-state index in [1.165, 1.54) is 0 Å². The minimum absolute atomic E-state index is 0.542. The summed E-state index contributed by atoms with van der Waals surface area (Å²) in [6.07, 6.45) is 10.6. The Balaban J connectivity index is 2.17. The van der Waals surface area contributed by atoms with Gasteiger partial charge in [-0.15, -0.1) is 0 Å². The fraction of sp³-hybridized carbons (Fsp3) is 0.154. The molecule has 0 saturated heterocycles. The number of carboxylic acids is 1. The van der Waals surface area contributed by atoms with E-state index >= 15 is 0 Å². The molecule has 0 amide bonds. The van der Waals surface area contributed by atoms with E-state index in [9.17, 15) is 9.90 Å². The quantitative estimate of drug-likeness (QED) is 0.627. The number of pyridine rings is 1. The van der Waals surface area contributed by atoms with Crippen molar-refractivity contribution in [2.24, 2.45) is 7.05 Å². The van der Waals surface area contributed by atoms with Gasteiger partial charge < -0.3 is 9.90 Å². The van der Waals surface area contributed by atoms with Crippen LogP contribution in [0.4, 0.5) is 0 Å². The molecule has 1 aliphatic heterocycles. The first-order valence-corrected chi connectivity index (χ1v) is 5.31. The summed E-state index contributed by atoms with van der Waals surface area (Å²) in [5.41, 5.74) is 2.21. The number of carbonyl (C=O) groups is 1. The minimum atomic E-state index is -1.18. The normalized spacial score (nSPS) is 17.0. The largest absolute Gasteiger partial charge is 0.540 e. The lowest BCUT2D eigenvalue weighted by Crippen LogP contribution is -2.28. The summed E-state index contributed by atoms with van der Waals surface area (Å²) in [4.78, 5) is 10.4. The Morgan fingerprint density at radius 3 is 2.65 bits per heavy atom. The molecule has 0 N–H and O–H groups in total. The molecular formula is C13H13N2O2+. The zero-order chi connectivity index (χ0) is 12.3. The second kappa shape index (κ2) is 4.74. The van der Waals surface area contributed by atoms with Gasteiger partial charge >= 0.3 is 0 Å². The van der Waals surface area contributed by atoms with Crippen molar-refractivity contribution >= 4 is 17.8 Å². The van der Waals surface area contributed by atoms with Crippen LogP contribution in [-0.4, -0.2) is 23.3 Å². The van der Waals surface area contributed by atoms with Gasteiger partial charge in [-0.2, -0.15) is 4.58 Å². The van der Waals surface area contributed by atoms with Crippen molar-refractivity contribution < 1.29 is 19.0 Å². The molecule has 0 saturated carbocycles. The van der Waals surface area contributed by atoms with Gasteiger partial charge in [0.25, 0.3) is 0 Å². The standard InChI is InChI=1S/C13H13N2O2/c1-14-6-2-11(3-7-14)12-4-8-15(9-5-12)10-13(16)17/h2-8,10H,9H2,1H3/q+1. The Labute approximate surface area is 99.5 Å². The van der Waals surface area contributed by atoms with Gasteiger partial charge in [0, 0.05) is 18.2 Å². The zero-order valence-electron chi connectivity index (χ0n) is 9.54. The van der Waals surface area contributed by atoms with E-state index in [-0.39, 0.29) is 0 Å². The number of aryl methyl sites for hydroxylation is 1. The molecule has 2 heterocycles. The molecule has 2 rings (SSSR count). The molecule has 0 bridgehead atoms. The third-order valence-corrected chi connectivity index (χ3v) is 2.55. The van der Waals surface area contributed by atoms with Gasteiger partial charge in [-0.25, -0.2) is 4.57 Å². The SMILES string of the molecule is C[n+]1ccc(C2=CC[N+](=CC(=O)[O-])C=C2)cc1. The first kappa shape index (κ1) is 11.3. The topological polar surface area (TPSA) is 47.0 Å². The van der Waals surface area contributed by atoms with E-state index < -0.39 is 5.97 Å². The highest BCUT2D eigenvalue weighted by Crippen LogP contribution is 2.16. The maximum absolute atomic E-state index is 10.4. The van der Waals surface area contributed by atoms with Crippen LogP contribution >= 0.6 is 0 Å². The molecule has 4 heteroatoms. The highest BCUT2D eigenvalue weighted by atomic mass is 16.4. The summed E-state index contributed by atoms with van der Waals surface area (Å²) in [6, 6.07) is 4.04. The summed E-state index contributed by atoms with van der Waals surface area (Å²) in [5.74, 6) is -1.18. The van der Waals surface area contributed by atoms with Crippen molar-refractivity contribution in [2.45, 2.75) is 0 Å². The van der Waals surface area contributed by atoms with E-state index in [2.05, 4.69) is 0 Å². The fourth-order valence-electron chi connectivity index (χ4n) is 1.65. The van der Waals surface area contributed by atoms with Gasteiger partial charge in [-0.1, -0.05) is 0 Å². The van der Waals surface area contributed by atoms with Crippen LogP contribution in [0.15, 0.2) is 42.9 Å². The van der Waals surface area contributed by atoms with E-state index in [1.807, 2.05) is 48.3 Å². The van der Waals surface area contributed by atoms with Crippen LogP contribution in [0, 0.1) is 0 Å². The second-order valence-corrected chi connectivity index (χ2v) is 3.87. The lowest BCUT2D eigenvalue weighted by Gasteiger charge is -2.05. The van der Waals surface area contributed by atoms with E-state index in [4.69, 9.17) is 0 Å². The van der Waals surface area contributed by atoms with Crippen LogP contribution < -0.4 is 9.67 Å². The Hall–Kier alpha value is -2.23. The average molecular weight is 229 g/mol. The fourth-order valence-corrected chi connectivity index (χ4v) is 1.65. The first-order valence-electron chi connectivity index (χ1n) is 5.31. The van der Waals surface area contributed by atoms with Crippen LogP contribution in [0.5, 0.6) is 0 Å². The molecule has 0 spiro atoms. The van der Waals surface area contributed by atoms with Gasteiger partial charge in [0.2, 0.25) is 0 Å². The van der Waals surface area contributed by atoms with Gasteiger partial charge in [0.1, 0.15) is 13.0 Å². The molecule has 4 nitrogen and oxygen atoms in total. The van der Waals surface area contributed by atoms with Gasteiger partial charge in [-0.3, -0.25) is 0 Å². The molecule has 0 radical (unpaired) electrons. The Kier molecular flexibility index (Phi) is 3.14. The van der Waals surface area contributed by atoms with Crippen molar-refractivity contribution in [3.63, 3.8) is 0 Å².